The normalized spacial score (nSPS) is 11.1. The van der Waals surface area contributed by atoms with Crippen LogP contribution in [0.15, 0.2) is 35.2 Å². The molecule has 0 amide bonds. The van der Waals surface area contributed by atoms with Crippen molar-refractivity contribution in [2.75, 3.05) is 0 Å². The standard InChI is InChI=1S/C10H8O5S.Na.H/c11-8-2-1-6-5-10(16(13,14)15)9(12)4-7(6)3-8;;/h1-5,11-12H,(H,13,14,15);;/q;+1;-1. The maximum absolute atomic E-state index is 10.9. The van der Waals surface area contributed by atoms with Gasteiger partial charge in [0.15, 0.2) is 0 Å². The summed E-state index contributed by atoms with van der Waals surface area (Å²) in [5, 5.41) is 19.6. The Morgan fingerprint density at radius 2 is 1.65 bits per heavy atom. The van der Waals surface area contributed by atoms with Crippen LogP contribution in [0.1, 0.15) is 1.43 Å². The molecule has 86 valence electrons. The summed E-state index contributed by atoms with van der Waals surface area (Å²) in [5.74, 6) is -0.549. The second-order valence-corrected chi connectivity index (χ2v) is 4.72. The van der Waals surface area contributed by atoms with Crippen molar-refractivity contribution in [3.05, 3.63) is 30.3 Å². The molecule has 0 aliphatic rings. The molecular weight excluding hydrogens is 255 g/mol. The van der Waals surface area contributed by atoms with E-state index in [2.05, 4.69) is 0 Å². The number of rotatable bonds is 1. The van der Waals surface area contributed by atoms with E-state index in [1.165, 1.54) is 18.2 Å². The Kier molecular flexibility index (Phi) is 4.06. The maximum atomic E-state index is 10.9. The summed E-state index contributed by atoms with van der Waals surface area (Å²) in [6.07, 6.45) is 0. The first kappa shape index (κ1) is 14.3. The largest absolute Gasteiger partial charge is 1.00 e. The predicted octanol–water partition coefficient (Wildman–Crippen LogP) is -1.39. The van der Waals surface area contributed by atoms with Crippen LogP contribution in [0.5, 0.6) is 11.5 Å². The Bertz CT molecular complexity index is 671. The molecule has 2 rings (SSSR count). The van der Waals surface area contributed by atoms with Crippen LogP contribution in [0.3, 0.4) is 0 Å². The van der Waals surface area contributed by atoms with Gasteiger partial charge in [0, 0.05) is 0 Å². The first-order valence-corrected chi connectivity index (χ1v) is 5.75. The fraction of sp³-hybridized carbons (Fsp3) is 0. The number of hydrogen-bond donors (Lipinski definition) is 3. The van der Waals surface area contributed by atoms with Crippen molar-refractivity contribution >= 4 is 20.9 Å². The Morgan fingerprint density at radius 1 is 1.00 bits per heavy atom. The third-order valence-corrected chi connectivity index (χ3v) is 3.06. The smallest absolute Gasteiger partial charge is 1.00 e. The topological polar surface area (TPSA) is 94.8 Å². The van der Waals surface area contributed by atoms with E-state index in [1.54, 1.807) is 0 Å². The number of phenols is 2. The SMILES string of the molecule is O=S(=O)(O)c1cc2ccc(O)cc2cc1O.[H-].[Na+]. The first-order chi connectivity index (χ1) is 7.38. The van der Waals surface area contributed by atoms with Crippen LogP contribution in [-0.4, -0.2) is 23.2 Å². The summed E-state index contributed by atoms with van der Waals surface area (Å²) >= 11 is 0. The molecule has 0 aliphatic heterocycles. The fourth-order valence-electron chi connectivity index (χ4n) is 1.46. The van der Waals surface area contributed by atoms with E-state index in [0.29, 0.717) is 10.8 Å². The van der Waals surface area contributed by atoms with Gasteiger partial charge >= 0.3 is 29.6 Å². The summed E-state index contributed by atoms with van der Waals surface area (Å²) in [6, 6.07) is 6.55. The average Bonchev–Trinajstić information content (AvgIpc) is 2.14. The van der Waals surface area contributed by atoms with Crippen LogP contribution < -0.4 is 29.6 Å². The molecule has 0 aliphatic carbocycles. The molecule has 0 saturated carbocycles. The molecule has 5 nitrogen and oxygen atoms in total. The Morgan fingerprint density at radius 3 is 2.24 bits per heavy atom. The molecule has 2 aromatic rings. The van der Waals surface area contributed by atoms with E-state index < -0.39 is 20.8 Å². The van der Waals surface area contributed by atoms with E-state index in [0.717, 1.165) is 12.1 Å². The predicted molar refractivity (Wildman–Crippen MR) is 58.2 cm³/mol. The second-order valence-electron chi connectivity index (χ2n) is 3.33. The van der Waals surface area contributed by atoms with Crippen molar-refractivity contribution in [3.63, 3.8) is 0 Å². The zero-order valence-electron chi connectivity index (χ0n) is 9.95. The van der Waals surface area contributed by atoms with Crippen molar-refractivity contribution in [3.8, 4) is 11.5 Å². The number of benzene rings is 2. The van der Waals surface area contributed by atoms with Gasteiger partial charge in [-0.25, -0.2) is 0 Å². The van der Waals surface area contributed by atoms with Crippen LogP contribution in [0.4, 0.5) is 0 Å². The van der Waals surface area contributed by atoms with Crippen molar-refractivity contribution in [2.45, 2.75) is 4.90 Å². The van der Waals surface area contributed by atoms with E-state index in [1.807, 2.05) is 0 Å². The molecule has 0 bridgehead atoms. The van der Waals surface area contributed by atoms with Crippen LogP contribution in [-0.2, 0) is 10.1 Å². The molecule has 0 atom stereocenters. The summed E-state index contributed by atoms with van der Waals surface area (Å²) in [5.41, 5.74) is 0. The van der Waals surface area contributed by atoms with Crippen LogP contribution in [0, 0.1) is 0 Å². The second kappa shape index (κ2) is 4.83. The maximum Gasteiger partial charge on any atom is 1.00 e. The summed E-state index contributed by atoms with van der Waals surface area (Å²) in [7, 11) is -4.45. The average molecular weight is 264 g/mol. The number of fused-ring (bicyclic) bond motifs is 1. The minimum Gasteiger partial charge on any atom is -1.00 e. The zero-order chi connectivity index (χ0) is 11.9. The monoisotopic (exact) mass is 264 g/mol. The molecule has 17 heavy (non-hydrogen) atoms. The molecule has 0 saturated heterocycles. The third kappa shape index (κ3) is 2.91. The van der Waals surface area contributed by atoms with Gasteiger partial charge < -0.3 is 11.6 Å². The molecule has 2 aromatic carbocycles. The van der Waals surface area contributed by atoms with Gasteiger partial charge in [0.25, 0.3) is 10.1 Å². The molecular formula is C10H9NaO5S. The summed E-state index contributed by atoms with van der Waals surface area (Å²) in [6.45, 7) is 0. The zero-order valence-corrected chi connectivity index (χ0v) is 11.8. The minimum absolute atomic E-state index is 0. The van der Waals surface area contributed by atoms with Gasteiger partial charge in [-0.05, 0) is 35.0 Å². The Labute approximate surface area is 121 Å². The molecule has 0 spiro atoms. The van der Waals surface area contributed by atoms with Crippen molar-refractivity contribution in [1.29, 1.82) is 0 Å². The van der Waals surface area contributed by atoms with Crippen molar-refractivity contribution in [2.24, 2.45) is 0 Å². The van der Waals surface area contributed by atoms with Crippen molar-refractivity contribution in [1.82, 2.24) is 0 Å². The van der Waals surface area contributed by atoms with E-state index in [-0.39, 0.29) is 36.7 Å². The van der Waals surface area contributed by atoms with Crippen molar-refractivity contribution < 1.29 is 54.2 Å². The van der Waals surface area contributed by atoms with E-state index >= 15 is 0 Å². The van der Waals surface area contributed by atoms with Gasteiger partial charge in [0.1, 0.15) is 16.4 Å². The molecule has 0 heterocycles. The van der Waals surface area contributed by atoms with Gasteiger partial charge in [-0.3, -0.25) is 4.55 Å². The Balaban J connectivity index is 0.00000144. The van der Waals surface area contributed by atoms with Gasteiger partial charge in [-0.15, -0.1) is 0 Å². The van der Waals surface area contributed by atoms with Gasteiger partial charge in [-0.2, -0.15) is 8.42 Å². The Hall–Kier alpha value is -0.790. The van der Waals surface area contributed by atoms with E-state index in [4.69, 9.17) is 4.55 Å². The quantitative estimate of drug-likeness (QED) is 0.435. The van der Waals surface area contributed by atoms with Gasteiger partial charge in [-0.1, -0.05) is 6.07 Å². The molecule has 0 aromatic heterocycles. The minimum atomic E-state index is -4.45. The van der Waals surface area contributed by atoms with Crippen LogP contribution in [0.25, 0.3) is 10.8 Å². The third-order valence-electron chi connectivity index (χ3n) is 2.18. The molecule has 0 unspecified atom stereocenters. The van der Waals surface area contributed by atoms with Crippen LogP contribution in [0.2, 0.25) is 0 Å². The molecule has 3 N–H and O–H groups in total. The first-order valence-electron chi connectivity index (χ1n) is 4.31. The molecule has 0 fully saturated rings. The molecule has 0 radical (unpaired) electrons. The summed E-state index contributed by atoms with van der Waals surface area (Å²) < 4.78 is 30.7. The number of hydrogen-bond acceptors (Lipinski definition) is 4. The van der Waals surface area contributed by atoms with Gasteiger partial charge in [0.05, 0.1) is 0 Å². The van der Waals surface area contributed by atoms with Gasteiger partial charge in [0.2, 0.25) is 0 Å². The summed E-state index contributed by atoms with van der Waals surface area (Å²) in [4.78, 5) is -0.550. The van der Waals surface area contributed by atoms with Crippen LogP contribution >= 0.6 is 0 Å². The number of aromatic hydroxyl groups is 2. The fourth-order valence-corrected chi connectivity index (χ4v) is 2.06. The number of phenolic OH excluding ortho intramolecular Hbond substituents is 2. The van der Waals surface area contributed by atoms with E-state index in [9.17, 15) is 18.6 Å². The molecule has 7 heteroatoms.